The van der Waals surface area contributed by atoms with Gasteiger partial charge in [-0.3, -0.25) is 9.78 Å². The zero-order valence-electron chi connectivity index (χ0n) is 20.3. The maximum atomic E-state index is 11.9. The number of carbonyl (C=O) groups excluding carboxylic acids is 1. The second-order valence-corrected chi connectivity index (χ2v) is 9.95. The first kappa shape index (κ1) is 25.1. The molecule has 4 aromatic rings. The number of benzene rings is 2. The third-order valence-corrected chi connectivity index (χ3v) is 7.08. The Bertz CT molecular complexity index is 1430. The molecule has 0 radical (unpaired) electrons. The van der Waals surface area contributed by atoms with Gasteiger partial charge in [0.05, 0.1) is 11.7 Å². The van der Waals surface area contributed by atoms with Gasteiger partial charge in [0, 0.05) is 34.7 Å². The summed E-state index contributed by atoms with van der Waals surface area (Å²) in [4.78, 5) is 18.5. The molecule has 3 heterocycles. The number of aromatic nitrogens is 1. The third-order valence-electron chi connectivity index (χ3n) is 6.11. The van der Waals surface area contributed by atoms with E-state index in [9.17, 15) is 4.79 Å². The fourth-order valence-electron chi connectivity index (χ4n) is 4.43. The topological polar surface area (TPSA) is 79.6 Å². The van der Waals surface area contributed by atoms with E-state index in [0.717, 1.165) is 38.5 Å². The van der Waals surface area contributed by atoms with E-state index >= 15 is 0 Å². The van der Waals surface area contributed by atoms with Gasteiger partial charge in [0.15, 0.2) is 5.11 Å². The van der Waals surface area contributed by atoms with Crippen molar-refractivity contribution in [2.45, 2.75) is 19.0 Å². The van der Waals surface area contributed by atoms with Gasteiger partial charge < -0.3 is 24.7 Å². The minimum Gasteiger partial charge on any atom is -0.459 e. The molecule has 188 valence electrons. The highest BCUT2D eigenvalue weighted by atomic mass is 79.9. The van der Waals surface area contributed by atoms with Gasteiger partial charge in [-0.25, -0.2) is 0 Å². The van der Waals surface area contributed by atoms with E-state index < -0.39 is 0 Å². The van der Waals surface area contributed by atoms with Crippen molar-refractivity contribution in [2.24, 2.45) is 0 Å². The Morgan fingerprint density at radius 3 is 2.68 bits per heavy atom. The molecule has 7 nitrogen and oxygen atoms in total. The van der Waals surface area contributed by atoms with Crippen LogP contribution in [0.1, 0.15) is 29.1 Å². The second-order valence-electron chi connectivity index (χ2n) is 8.71. The van der Waals surface area contributed by atoms with E-state index in [1.54, 1.807) is 6.20 Å². The normalized spacial score (nSPS) is 17.1. The number of thiocarbonyl (C=S) groups is 1. The third kappa shape index (κ3) is 5.29. The summed E-state index contributed by atoms with van der Waals surface area (Å²) in [6.07, 6.45) is 1.77. The quantitative estimate of drug-likeness (QED) is 0.254. The fourth-order valence-corrected chi connectivity index (χ4v) is 5.47. The number of aryl methyl sites for hydroxylation is 1. The first-order chi connectivity index (χ1) is 17.9. The number of nitrogens with zero attached hydrogens (tertiary/aromatic N) is 2. The molecule has 0 spiro atoms. The first-order valence-electron chi connectivity index (χ1n) is 11.7. The van der Waals surface area contributed by atoms with Gasteiger partial charge in [0.2, 0.25) is 5.91 Å². The number of hydrogen-bond donors (Lipinski definition) is 2. The van der Waals surface area contributed by atoms with Crippen molar-refractivity contribution in [3.8, 4) is 11.3 Å². The summed E-state index contributed by atoms with van der Waals surface area (Å²) >= 11 is 9.47. The van der Waals surface area contributed by atoms with Gasteiger partial charge >= 0.3 is 0 Å². The molecule has 2 aromatic heterocycles. The number of furan rings is 1. The SMILES string of the molecule is COCC(=O)Nc1ccc(N2C(=S)N[C@H](c3ccccn3)[C@H]2c2ccc(-c3ccc(C)cc3Br)o2)cc1. The average Bonchev–Trinajstić information content (AvgIpc) is 3.50. The number of anilines is 2. The Hall–Kier alpha value is -3.53. The lowest BCUT2D eigenvalue weighted by Crippen LogP contribution is -2.29. The minimum absolute atomic E-state index is 0.00631. The van der Waals surface area contributed by atoms with Crippen molar-refractivity contribution in [2.75, 3.05) is 23.9 Å². The number of nitrogens with one attached hydrogen (secondary N) is 2. The van der Waals surface area contributed by atoms with Crippen molar-refractivity contribution in [3.63, 3.8) is 0 Å². The van der Waals surface area contributed by atoms with Gasteiger partial charge in [-0.1, -0.05) is 28.1 Å². The predicted octanol–water partition coefficient (Wildman–Crippen LogP) is 6.17. The summed E-state index contributed by atoms with van der Waals surface area (Å²) in [6, 6.07) is 23.0. The molecular formula is C28H25BrN4O3S. The van der Waals surface area contributed by atoms with E-state index in [-0.39, 0.29) is 24.6 Å². The van der Waals surface area contributed by atoms with Gasteiger partial charge in [-0.15, -0.1) is 0 Å². The number of ether oxygens (including phenoxy) is 1. The zero-order chi connectivity index (χ0) is 25.9. The van der Waals surface area contributed by atoms with Crippen LogP contribution in [0, 0.1) is 6.92 Å². The largest absolute Gasteiger partial charge is 0.459 e. The predicted molar refractivity (Wildman–Crippen MR) is 151 cm³/mol. The first-order valence-corrected chi connectivity index (χ1v) is 12.9. The number of pyridine rings is 1. The van der Waals surface area contributed by atoms with E-state index in [4.69, 9.17) is 21.4 Å². The Morgan fingerprint density at radius 2 is 1.97 bits per heavy atom. The molecule has 1 saturated heterocycles. The molecule has 9 heteroatoms. The van der Waals surface area contributed by atoms with Crippen LogP contribution in [0.5, 0.6) is 0 Å². The molecule has 2 aromatic carbocycles. The smallest absolute Gasteiger partial charge is 0.250 e. The van der Waals surface area contributed by atoms with Crippen LogP contribution >= 0.6 is 28.1 Å². The second kappa shape index (κ2) is 10.8. The molecule has 0 unspecified atom stereocenters. The number of rotatable bonds is 7. The standard InChI is InChI=1S/C28H25BrN4O3S/c1-17-6-11-20(21(29)15-17)23-12-13-24(36-23)27-26(22-5-3-4-14-30-22)32-28(37)33(27)19-9-7-18(8-10-19)31-25(34)16-35-2/h3-15,26-27H,16H2,1-2H3,(H,31,34)(H,32,37)/t26-,27-/m1/s1. The molecule has 0 bridgehead atoms. The summed E-state index contributed by atoms with van der Waals surface area (Å²) in [5.41, 5.74) is 4.53. The van der Waals surface area contributed by atoms with Crippen LogP contribution in [0.25, 0.3) is 11.3 Å². The van der Waals surface area contributed by atoms with E-state index in [0.29, 0.717) is 10.8 Å². The van der Waals surface area contributed by atoms with E-state index in [2.05, 4.69) is 50.6 Å². The molecule has 0 aliphatic carbocycles. The monoisotopic (exact) mass is 576 g/mol. The van der Waals surface area contributed by atoms with Crippen LogP contribution < -0.4 is 15.5 Å². The molecule has 37 heavy (non-hydrogen) atoms. The lowest BCUT2D eigenvalue weighted by atomic mass is 10.0. The zero-order valence-corrected chi connectivity index (χ0v) is 22.7. The van der Waals surface area contributed by atoms with E-state index in [1.165, 1.54) is 7.11 Å². The van der Waals surface area contributed by atoms with Crippen LogP contribution in [0.4, 0.5) is 11.4 Å². The molecule has 1 aliphatic heterocycles. The molecular weight excluding hydrogens is 552 g/mol. The highest BCUT2D eigenvalue weighted by Gasteiger charge is 2.42. The molecule has 1 amide bonds. The Balaban J connectivity index is 1.52. The average molecular weight is 578 g/mol. The molecule has 2 N–H and O–H groups in total. The number of methoxy groups -OCH3 is 1. The Morgan fingerprint density at radius 1 is 1.16 bits per heavy atom. The Kier molecular flexibility index (Phi) is 7.36. The summed E-state index contributed by atoms with van der Waals surface area (Å²) < 4.78 is 12.3. The van der Waals surface area contributed by atoms with Crippen molar-refractivity contribution in [3.05, 3.63) is 100 Å². The van der Waals surface area contributed by atoms with Crippen molar-refractivity contribution >= 4 is 50.5 Å². The molecule has 1 aliphatic rings. The van der Waals surface area contributed by atoms with Crippen LogP contribution in [0.2, 0.25) is 0 Å². The lowest BCUT2D eigenvalue weighted by Gasteiger charge is -2.26. The summed E-state index contributed by atoms with van der Waals surface area (Å²) in [5.74, 6) is 1.30. The summed E-state index contributed by atoms with van der Waals surface area (Å²) in [5, 5.41) is 6.82. The fraction of sp³-hybridized carbons (Fsp3) is 0.179. The lowest BCUT2D eigenvalue weighted by molar-refractivity contribution is -0.119. The number of carbonyl (C=O) groups is 1. The van der Waals surface area contributed by atoms with Crippen molar-refractivity contribution < 1.29 is 13.9 Å². The van der Waals surface area contributed by atoms with Gasteiger partial charge in [-0.05, 0) is 85.4 Å². The Labute approximate surface area is 229 Å². The van der Waals surface area contributed by atoms with E-state index in [1.807, 2.05) is 65.6 Å². The minimum atomic E-state index is -0.283. The van der Waals surface area contributed by atoms with Gasteiger partial charge in [0.1, 0.15) is 24.2 Å². The van der Waals surface area contributed by atoms with Crippen molar-refractivity contribution in [1.82, 2.24) is 10.3 Å². The maximum Gasteiger partial charge on any atom is 0.250 e. The number of amides is 1. The van der Waals surface area contributed by atoms with Crippen LogP contribution in [-0.4, -0.2) is 29.7 Å². The maximum absolute atomic E-state index is 11.9. The van der Waals surface area contributed by atoms with Gasteiger partial charge in [-0.2, -0.15) is 0 Å². The van der Waals surface area contributed by atoms with Crippen LogP contribution in [-0.2, 0) is 9.53 Å². The highest BCUT2D eigenvalue weighted by Crippen LogP contribution is 2.43. The molecule has 0 saturated carbocycles. The molecule has 2 atom stereocenters. The summed E-state index contributed by atoms with van der Waals surface area (Å²) in [6.45, 7) is 2.05. The van der Waals surface area contributed by atoms with Crippen LogP contribution in [0.15, 0.2) is 87.9 Å². The van der Waals surface area contributed by atoms with Crippen LogP contribution in [0.3, 0.4) is 0 Å². The van der Waals surface area contributed by atoms with Crippen molar-refractivity contribution in [1.29, 1.82) is 0 Å². The highest BCUT2D eigenvalue weighted by molar-refractivity contribution is 9.10. The molecule has 5 rings (SSSR count). The molecule has 1 fully saturated rings. The number of halogens is 1. The van der Waals surface area contributed by atoms with Gasteiger partial charge in [0.25, 0.3) is 0 Å². The number of hydrogen-bond acceptors (Lipinski definition) is 5. The summed E-state index contributed by atoms with van der Waals surface area (Å²) in [7, 11) is 1.49.